The van der Waals surface area contributed by atoms with Gasteiger partial charge >= 0.3 is 0 Å². The maximum atomic E-state index is 12.1. The zero-order valence-corrected chi connectivity index (χ0v) is 17.1. The normalized spacial score (nSPS) is 10.7. The number of phenols is 1. The molecule has 0 atom stereocenters. The summed E-state index contributed by atoms with van der Waals surface area (Å²) < 4.78 is 11.6. The summed E-state index contributed by atoms with van der Waals surface area (Å²) in [5, 5.41) is 13.9. The Balaban J connectivity index is 1.64. The third-order valence-electron chi connectivity index (χ3n) is 4.08. The highest BCUT2D eigenvalue weighted by atomic mass is 35.5. The first kappa shape index (κ1) is 21.2. The summed E-state index contributed by atoms with van der Waals surface area (Å²) in [5.41, 5.74) is 4.57. The largest absolute Gasteiger partial charge is 0.508 e. The van der Waals surface area contributed by atoms with Gasteiger partial charge in [0, 0.05) is 10.6 Å². The van der Waals surface area contributed by atoms with Crippen LogP contribution in [0, 0.1) is 0 Å². The van der Waals surface area contributed by atoms with Gasteiger partial charge < -0.3 is 14.6 Å². The van der Waals surface area contributed by atoms with E-state index in [1.54, 1.807) is 12.1 Å². The number of nitrogens with one attached hydrogen (secondary N) is 1. The maximum absolute atomic E-state index is 12.1. The van der Waals surface area contributed by atoms with E-state index in [2.05, 4.69) is 10.5 Å². The second-order valence-electron chi connectivity index (χ2n) is 6.30. The Kier molecular flexibility index (Phi) is 7.29. The molecule has 2 N–H and O–H groups in total. The molecule has 0 radical (unpaired) electrons. The summed E-state index contributed by atoms with van der Waals surface area (Å²) in [5.74, 6) is 0.911. The lowest BCUT2D eigenvalue weighted by molar-refractivity contribution is 0.0955. The van der Waals surface area contributed by atoms with E-state index >= 15 is 0 Å². The van der Waals surface area contributed by atoms with Gasteiger partial charge in [-0.2, -0.15) is 5.10 Å². The van der Waals surface area contributed by atoms with Crippen molar-refractivity contribution < 1.29 is 19.4 Å². The molecule has 0 fully saturated rings. The fraction of sp³-hybridized carbons (Fsp3) is 0.130. The van der Waals surface area contributed by atoms with Crippen molar-refractivity contribution in [3.63, 3.8) is 0 Å². The van der Waals surface area contributed by atoms with Crippen LogP contribution in [0.2, 0.25) is 5.02 Å². The summed E-state index contributed by atoms with van der Waals surface area (Å²) in [4.78, 5) is 12.1. The lowest BCUT2D eigenvalue weighted by Crippen LogP contribution is -2.17. The highest BCUT2D eigenvalue weighted by Crippen LogP contribution is 2.29. The molecule has 0 aliphatic heterocycles. The number of ether oxygens (including phenoxy) is 2. The molecule has 7 heteroatoms. The van der Waals surface area contributed by atoms with Gasteiger partial charge in [0.15, 0.2) is 11.5 Å². The molecular formula is C23H21ClN2O4. The first-order valence-electron chi connectivity index (χ1n) is 9.31. The van der Waals surface area contributed by atoms with E-state index in [0.29, 0.717) is 35.3 Å². The molecule has 6 nitrogen and oxygen atoms in total. The number of aromatic hydroxyl groups is 1. The fourth-order valence-electron chi connectivity index (χ4n) is 2.58. The summed E-state index contributed by atoms with van der Waals surface area (Å²) >= 11 is 5.91. The summed E-state index contributed by atoms with van der Waals surface area (Å²) in [7, 11) is 0. The van der Waals surface area contributed by atoms with E-state index in [1.165, 1.54) is 30.5 Å². The fourth-order valence-corrected chi connectivity index (χ4v) is 2.70. The van der Waals surface area contributed by atoms with Crippen LogP contribution >= 0.6 is 11.6 Å². The van der Waals surface area contributed by atoms with Crippen molar-refractivity contribution in [1.82, 2.24) is 5.43 Å². The van der Waals surface area contributed by atoms with Gasteiger partial charge in [0.2, 0.25) is 0 Å². The SMILES string of the molecule is CCOc1cc(/C=N/NC(=O)c2ccc(O)cc2)ccc1OCc1ccc(Cl)cc1. The molecule has 0 aliphatic carbocycles. The standard InChI is InChI=1S/C23H21ClN2O4/c1-2-29-22-13-17(14-25-26-23(28)18-6-10-20(27)11-7-18)5-12-21(22)30-15-16-3-8-19(24)9-4-16/h3-14,27H,2,15H2,1H3,(H,26,28)/b25-14+. The van der Waals surface area contributed by atoms with E-state index in [9.17, 15) is 9.90 Å². The van der Waals surface area contributed by atoms with Crippen LogP contribution in [0.5, 0.6) is 17.2 Å². The quantitative estimate of drug-likeness (QED) is 0.402. The number of halogens is 1. The number of rotatable bonds is 8. The number of nitrogens with zero attached hydrogens (tertiary/aromatic N) is 1. The summed E-state index contributed by atoms with van der Waals surface area (Å²) in [6, 6.07) is 18.7. The van der Waals surface area contributed by atoms with Crippen molar-refractivity contribution in [2.75, 3.05) is 6.61 Å². The van der Waals surface area contributed by atoms with Gasteiger partial charge in [0.05, 0.1) is 12.8 Å². The third kappa shape index (κ3) is 5.99. The van der Waals surface area contributed by atoms with Gasteiger partial charge in [-0.25, -0.2) is 5.43 Å². The minimum atomic E-state index is -0.376. The Morgan fingerprint density at radius 2 is 1.77 bits per heavy atom. The van der Waals surface area contributed by atoms with Crippen LogP contribution < -0.4 is 14.9 Å². The van der Waals surface area contributed by atoms with Crippen molar-refractivity contribution in [2.24, 2.45) is 5.10 Å². The first-order valence-corrected chi connectivity index (χ1v) is 9.69. The molecule has 0 spiro atoms. The monoisotopic (exact) mass is 424 g/mol. The second kappa shape index (κ2) is 10.3. The van der Waals surface area contributed by atoms with E-state index < -0.39 is 0 Å². The molecule has 0 aliphatic rings. The third-order valence-corrected chi connectivity index (χ3v) is 4.34. The minimum absolute atomic E-state index is 0.0943. The minimum Gasteiger partial charge on any atom is -0.508 e. The van der Waals surface area contributed by atoms with Gasteiger partial charge in [-0.15, -0.1) is 0 Å². The Labute approximate surface area is 179 Å². The zero-order valence-electron chi connectivity index (χ0n) is 16.3. The topological polar surface area (TPSA) is 80.2 Å². The predicted octanol–water partition coefficient (Wildman–Crippen LogP) is 4.79. The molecule has 0 aromatic heterocycles. The Morgan fingerprint density at radius 1 is 1.03 bits per heavy atom. The lowest BCUT2D eigenvalue weighted by Gasteiger charge is -2.12. The van der Waals surface area contributed by atoms with Gasteiger partial charge in [-0.3, -0.25) is 4.79 Å². The van der Waals surface area contributed by atoms with Crippen LogP contribution in [0.15, 0.2) is 71.8 Å². The van der Waals surface area contributed by atoms with Gasteiger partial charge in [-0.1, -0.05) is 23.7 Å². The number of amides is 1. The van der Waals surface area contributed by atoms with E-state index in [1.807, 2.05) is 37.3 Å². The molecule has 3 aromatic rings. The second-order valence-corrected chi connectivity index (χ2v) is 6.74. The van der Waals surface area contributed by atoms with Crippen molar-refractivity contribution in [3.05, 3.63) is 88.4 Å². The molecule has 0 unspecified atom stereocenters. The van der Waals surface area contributed by atoms with Crippen LogP contribution in [-0.2, 0) is 6.61 Å². The Hall–Kier alpha value is -3.51. The molecule has 3 rings (SSSR count). The van der Waals surface area contributed by atoms with Crippen molar-refractivity contribution in [3.8, 4) is 17.2 Å². The molecule has 154 valence electrons. The summed E-state index contributed by atoms with van der Waals surface area (Å²) in [6.07, 6.45) is 1.52. The molecule has 30 heavy (non-hydrogen) atoms. The number of hydrogen-bond donors (Lipinski definition) is 2. The Morgan fingerprint density at radius 3 is 2.47 bits per heavy atom. The molecule has 0 heterocycles. The number of hydrogen-bond acceptors (Lipinski definition) is 5. The molecule has 0 saturated carbocycles. The van der Waals surface area contributed by atoms with Crippen molar-refractivity contribution in [1.29, 1.82) is 0 Å². The molecule has 3 aromatic carbocycles. The van der Waals surface area contributed by atoms with Crippen LogP contribution in [-0.4, -0.2) is 23.8 Å². The molecule has 0 saturated heterocycles. The van der Waals surface area contributed by atoms with E-state index in [0.717, 1.165) is 11.1 Å². The highest BCUT2D eigenvalue weighted by molar-refractivity contribution is 6.30. The van der Waals surface area contributed by atoms with Crippen molar-refractivity contribution in [2.45, 2.75) is 13.5 Å². The molecule has 1 amide bonds. The lowest BCUT2D eigenvalue weighted by atomic mass is 10.2. The zero-order chi connectivity index (χ0) is 21.3. The average Bonchev–Trinajstić information content (AvgIpc) is 2.75. The smallest absolute Gasteiger partial charge is 0.271 e. The van der Waals surface area contributed by atoms with Gasteiger partial charge in [0.1, 0.15) is 12.4 Å². The average molecular weight is 425 g/mol. The predicted molar refractivity (Wildman–Crippen MR) is 117 cm³/mol. The van der Waals surface area contributed by atoms with Crippen LogP contribution in [0.1, 0.15) is 28.4 Å². The van der Waals surface area contributed by atoms with Crippen molar-refractivity contribution >= 4 is 23.7 Å². The first-order chi connectivity index (χ1) is 14.5. The van der Waals surface area contributed by atoms with Crippen LogP contribution in [0.4, 0.5) is 0 Å². The Bertz CT molecular complexity index is 1020. The van der Waals surface area contributed by atoms with Gasteiger partial charge in [0.25, 0.3) is 5.91 Å². The number of carbonyl (C=O) groups is 1. The van der Waals surface area contributed by atoms with E-state index in [4.69, 9.17) is 21.1 Å². The summed E-state index contributed by atoms with van der Waals surface area (Å²) in [6.45, 7) is 2.75. The van der Waals surface area contributed by atoms with E-state index in [-0.39, 0.29) is 11.7 Å². The number of benzene rings is 3. The maximum Gasteiger partial charge on any atom is 0.271 e. The van der Waals surface area contributed by atoms with Crippen LogP contribution in [0.25, 0.3) is 0 Å². The highest BCUT2D eigenvalue weighted by Gasteiger charge is 2.07. The number of phenolic OH excluding ortho intramolecular Hbond substituents is 1. The van der Waals surface area contributed by atoms with Crippen LogP contribution in [0.3, 0.4) is 0 Å². The molecular weight excluding hydrogens is 404 g/mol. The van der Waals surface area contributed by atoms with Gasteiger partial charge in [-0.05, 0) is 72.6 Å². The number of hydrazone groups is 1. The number of carbonyl (C=O) groups excluding carboxylic acids is 1. The molecule has 0 bridgehead atoms.